The van der Waals surface area contributed by atoms with Crippen LogP contribution in [0.3, 0.4) is 0 Å². The summed E-state index contributed by atoms with van der Waals surface area (Å²) >= 11 is 0. The number of piperidine rings is 1. The fourth-order valence-electron chi connectivity index (χ4n) is 4.51. The zero-order valence-electron chi connectivity index (χ0n) is 16.1. The van der Waals surface area contributed by atoms with Gasteiger partial charge in [0.25, 0.3) is 0 Å². The number of hydrogen-bond acceptors (Lipinski definition) is 4. The number of aromatic nitrogens is 1. The van der Waals surface area contributed by atoms with Crippen molar-refractivity contribution in [3.8, 4) is 0 Å². The second kappa shape index (κ2) is 7.69. The molecular formula is C21H24FN5O2. The molecule has 4 rings (SSSR count). The first-order valence-corrected chi connectivity index (χ1v) is 9.72. The van der Waals surface area contributed by atoms with Crippen LogP contribution in [0.15, 0.2) is 41.5 Å². The van der Waals surface area contributed by atoms with Gasteiger partial charge >= 0.3 is 6.09 Å². The zero-order valence-corrected chi connectivity index (χ0v) is 16.1. The van der Waals surface area contributed by atoms with Gasteiger partial charge in [-0.1, -0.05) is 24.3 Å². The summed E-state index contributed by atoms with van der Waals surface area (Å²) < 4.78 is 19.9. The van der Waals surface area contributed by atoms with Crippen LogP contribution in [0.2, 0.25) is 0 Å². The van der Waals surface area contributed by atoms with Gasteiger partial charge in [-0.15, -0.1) is 4.99 Å². The maximum absolute atomic E-state index is 15.0. The number of amides is 1. The fraction of sp³-hybridized carbons (Fsp3) is 0.381. The molecule has 0 unspecified atom stereocenters. The van der Waals surface area contributed by atoms with Crippen molar-refractivity contribution in [2.75, 3.05) is 18.0 Å². The third-order valence-corrected chi connectivity index (χ3v) is 6.00. The van der Waals surface area contributed by atoms with Crippen LogP contribution >= 0.6 is 0 Å². The Morgan fingerprint density at radius 1 is 1.21 bits per heavy atom. The molecule has 8 heteroatoms. The van der Waals surface area contributed by atoms with Gasteiger partial charge in [-0.2, -0.15) is 0 Å². The predicted octanol–water partition coefficient (Wildman–Crippen LogP) is 2.62. The Kier molecular flexibility index (Phi) is 5.08. The van der Waals surface area contributed by atoms with Crippen LogP contribution in [-0.4, -0.2) is 30.1 Å². The van der Waals surface area contributed by atoms with E-state index in [0.717, 1.165) is 38.8 Å². The van der Waals surface area contributed by atoms with Gasteiger partial charge in [-0.3, -0.25) is 0 Å². The SMILES string of the molecule is NC(N)=NC(=O)OCc1ccnc(N2CCC3(CCc4ccccc43)CC2)c1F. The number of aryl methyl sites for hydroxylation is 1. The molecule has 0 saturated carbocycles. The molecule has 1 aliphatic heterocycles. The van der Waals surface area contributed by atoms with Gasteiger partial charge in [0.05, 0.1) is 0 Å². The summed E-state index contributed by atoms with van der Waals surface area (Å²) in [6, 6.07) is 10.1. The van der Waals surface area contributed by atoms with Gasteiger partial charge in [-0.05, 0) is 48.3 Å². The first kappa shape index (κ1) is 19.2. The molecule has 1 amide bonds. The van der Waals surface area contributed by atoms with E-state index in [1.807, 2.05) is 4.90 Å². The molecule has 7 nitrogen and oxygen atoms in total. The number of anilines is 1. The Hall–Kier alpha value is -3.16. The molecule has 29 heavy (non-hydrogen) atoms. The molecule has 0 radical (unpaired) electrons. The van der Waals surface area contributed by atoms with Crippen molar-refractivity contribution in [1.82, 2.24) is 4.98 Å². The molecule has 1 aliphatic carbocycles. The topological polar surface area (TPSA) is 107 Å². The number of carbonyl (C=O) groups is 1. The molecule has 2 aliphatic rings. The van der Waals surface area contributed by atoms with Crippen molar-refractivity contribution in [2.45, 2.75) is 37.7 Å². The van der Waals surface area contributed by atoms with E-state index < -0.39 is 17.9 Å². The number of rotatable bonds is 3. The average Bonchev–Trinajstić information content (AvgIpc) is 3.06. The predicted molar refractivity (Wildman–Crippen MR) is 108 cm³/mol. The average molecular weight is 397 g/mol. The lowest BCUT2D eigenvalue weighted by Gasteiger charge is -2.40. The molecule has 1 saturated heterocycles. The van der Waals surface area contributed by atoms with E-state index in [1.54, 1.807) is 0 Å². The molecule has 0 atom stereocenters. The Morgan fingerprint density at radius 3 is 2.72 bits per heavy atom. The highest BCUT2D eigenvalue weighted by atomic mass is 19.1. The van der Waals surface area contributed by atoms with Crippen molar-refractivity contribution in [3.05, 3.63) is 59.0 Å². The molecule has 1 spiro atoms. The van der Waals surface area contributed by atoms with Crippen LogP contribution in [0.4, 0.5) is 15.0 Å². The lowest BCUT2D eigenvalue weighted by Crippen LogP contribution is -2.42. The van der Waals surface area contributed by atoms with Gasteiger partial charge in [0.2, 0.25) is 0 Å². The minimum absolute atomic E-state index is 0.191. The van der Waals surface area contributed by atoms with E-state index in [9.17, 15) is 9.18 Å². The van der Waals surface area contributed by atoms with Gasteiger partial charge in [0.1, 0.15) is 6.61 Å². The maximum Gasteiger partial charge on any atom is 0.437 e. The number of fused-ring (bicyclic) bond motifs is 2. The number of halogens is 1. The summed E-state index contributed by atoms with van der Waals surface area (Å²) in [6.07, 6.45) is 4.76. The van der Waals surface area contributed by atoms with Crippen molar-refractivity contribution >= 4 is 17.9 Å². The van der Waals surface area contributed by atoms with Crippen molar-refractivity contribution in [3.63, 3.8) is 0 Å². The summed E-state index contributed by atoms with van der Waals surface area (Å²) in [7, 11) is 0. The highest BCUT2D eigenvalue weighted by molar-refractivity contribution is 5.87. The van der Waals surface area contributed by atoms with E-state index in [0.29, 0.717) is 5.82 Å². The molecule has 4 N–H and O–H groups in total. The third kappa shape index (κ3) is 3.74. The molecule has 2 aromatic rings. The number of hydrogen-bond donors (Lipinski definition) is 2. The minimum Gasteiger partial charge on any atom is -0.443 e. The first-order chi connectivity index (χ1) is 14.0. The van der Waals surface area contributed by atoms with Gasteiger partial charge < -0.3 is 21.1 Å². The Bertz CT molecular complexity index is 950. The second-order valence-corrected chi connectivity index (χ2v) is 7.62. The van der Waals surface area contributed by atoms with E-state index >= 15 is 0 Å². The minimum atomic E-state index is -0.956. The standard InChI is InChI=1S/C21H24FN5O2/c22-17-15(13-29-20(28)26-19(23)24)6-10-25-18(17)27-11-8-21(9-12-27)7-5-14-3-1-2-4-16(14)21/h1-4,6,10H,5,7-9,11-13H2,(H4,23,24,26,28). The molecule has 2 heterocycles. The number of guanidine groups is 1. The number of pyridine rings is 1. The molecule has 1 fully saturated rings. The Labute approximate surface area is 168 Å². The normalized spacial score (nSPS) is 17.1. The summed E-state index contributed by atoms with van der Waals surface area (Å²) in [5.74, 6) is -0.587. The number of benzene rings is 1. The van der Waals surface area contributed by atoms with E-state index in [1.165, 1.54) is 23.4 Å². The van der Waals surface area contributed by atoms with E-state index in [2.05, 4.69) is 34.2 Å². The monoisotopic (exact) mass is 397 g/mol. The number of ether oxygens (including phenoxy) is 1. The summed E-state index contributed by atoms with van der Waals surface area (Å²) in [5.41, 5.74) is 13.6. The van der Waals surface area contributed by atoms with Crippen LogP contribution in [0.1, 0.15) is 36.0 Å². The summed E-state index contributed by atoms with van der Waals surface area (Å²) in [6.45, 7) is 1.20. The van der Waals surface area contributed by atoms with Crippen molar-refractivity contribution < 1.29 is 13.9 Å². The Balaban J connectivity index is 1.45. The number of nitrogens with zero attached hydrogens (tertiary/aromatic N) is 3. The van der Waals surface area contributed by atoms with E-state index in [-0.39, 0.29) is 17.6 Å². The molecular weight excluding hydrogens is 373 g/mol. The Morgan fingerprint density at radius 2 is 1.97 bits per heavy atom. The molecule has 0 bridgehead atoms. The molecule has 1 aromatic heterocycles. The highest BCUT2D eigenvalue weighted by Crippen LogP contribution is 2.46. The lowest BCUT2D eigenvalue weighted by molar-refractivity contribution is 0.149. The van der Waals surface area contributed by atoms with Crippen LogP contribution in [0, 0.1) is 5.82 Å². The van der Waals surface area contributed by atoms with Gasteiger partial charge in [0, 0.05) is 24.8 Å². The largest absolute Gasteiger partial charge is 0.443 e. The molecule has 152 valence electrons. The van der Waals surface area contributed by atoms with Gasteiger partial charge in [-0.25, -0.2) is 14.2 Å². The van der Waals surface area contributed by atoms with Crippen LogP contribution in [0.25, 0.3) is 0 Å². The second-order valence-electron chi connectivity index (χ2n) is 7.62. The number of aliphatic imine (C=N–C) groups is 1. The van der Waals surface area contributed by atoms with Gasteiger partial charge in [0.15, 0.2) is 17.6 Å². The zero-order chi connectivity index (χ0) is 20.4. The van der Waals surface area contributed by atoms with Crippen molar-refractivity contribution in [1.29, 1.82) is 0 Å². The van der Waals surface area contributed by atoms with Crippen molar-refractivity contribution in [2.24, 2.45) is 16.5 Å². The lowest BCUT2D eigenvalue weighted by atomic mass is 9.74. The molecule has 1 aromatic carbocycles. The van der Waals surface area contributed by atoms with Crippen LogP contribution in [0.5, 0.6) is 0 Å². The number of carbonyl (C=O) groups excluding carboxylic acids is 1. The smallest absolute Gasteiger partial charge is 0.437 e. The maximum atomic E-state index is 15.0. The first-order valence-electron chi connectivity index (χ1n) is 9.72. The van der Waals surface area contributed by atoms with Crippen LogP contribution < -0.4 is 16.4 Å². The summed E-state index contributed by atoms with van der Waals surface area (Å²) in [5, 5.41) is 0. The third-order valence-electron chi connectivity index (χ3n) is 6.00. The highest BCUT2D eigenvalue weighted by Gasteiger charge is 2.41. The quantitative estimate of drug-likeness (QED) is 0.609. The fourth-order valence-corrected chi connectivity index (χ4v) is 4.51. The van der Waals surface area contributed by atoms with E-state index in [4.69, 9.17) is 16.2 Å². The summed E-state index contributed by atoms with van der Waals surface area (Å²) in [4.78, 5) is 20.9. The van der Waals surface area contributed by atoms with Crippen LogP contribution in [-0.2, 0) is 23.2 Å². The number of nitrogens with two attached hydrogens (primary N) is 2.